The molecule has 1 aromatic rings. The van der Waals surface area contributed by atoms with Crippen LogP contribution in [-0.4, -0.2) is 27.3 Å². The molecule has 0 spiro atoms. The summed E-state index contributed by atoms with van der Waals surface area (Å²) in [5.41, 5.74) is 0.631. The van der Waals surface area contributed by atoms with E-state index in [0.29, 0.717) is 17.7 Å². The molecule has 6 heteroatoms. The van der Waals surface area contributed by atoms with Crippen molar-refractivity contribution >= 4 is 17.7 Å². The van der Waals surface area contributed by atoms with Gasteiger partial charge in [0.1, 0.15) is 11.3 Å². The molecule has 0 fully saturated rings. The lowest BCUT2D eigenvalue weighted by Crippen LogP contribution is -2.27. The van der Waals surface area contributed by atoms with E-state index in [1.54, 1.807) is 34.0 Å². The summed E-state index contributed by atoms with van der Waals surface area (Å²) < 4.78 is 6.62. The van der Waals surface area contributed by atoms with Gasteiger partial charge in [-0.15, -0.1) is 0 Å². The van der Waals surface area contributed by atoms with E-state index in [-0.39, 0.29) is 5.69 Å². The third kappa shape index (κ3) is 3.74. The van der Waals surface area contributed by atoms with Crippen LogP contribution in [0.3, 0.4) is 0 Å². The summed E-state index contributed by atoms with van der Waals surface area (Å²) in [6, 6.07) is 0. The maximum Gasteiger partial charge on any atom is 0.412 e. The molecule has 0 aliphatic carbocycles. The van der Waals surface area contributed by atoms with Gasteiger partial charge in [-0.05, 0) is 27.2 Å². The SMILES string of the molecule is CCc1c(NC(=O)OC(C)(C)C)cn(C)c1C(=O)O. The van der Waals surface area contributed by atoms with Crippen LogP contribution >= 0.6 is 0 Å². The Morgan fingerprint density at radius 2 is 2.00 bits per heavy atom. The fourth-order valence-electron chi connectivity index (χ4n) is 1.84. The molecule has 0 unspecified atom stereocenters. The Balaban J connectivity index is 3.00. The predicted octanol–water partition coefficient (Wildman–Crippen LogP) is 2.63. The highest BCUT2D eigenvalue weighted by Crippen LogP contribution is 2.23. The molecule has 1 rings (SSSR count). The van der Waals surface area contributed by atoms with Crippen LogP contribution in [-0.2, 0) is 18.2 Å². The second kappa shape index (κ2) is 5.34. The maximum atomic E-state index is 11.7. The fourth-order valence-corrected chi connectivity index (χ4v) is 1.84. The standard InChI is InChI=1S/C13H20N2O4/c1-6-8-9(7-15(5)10(8)11(16)17)14-12(18)19-13(2,3)4/h7H,6H2,1-5H3,(H,14,18)(H,16,17). The first kappa shape index (κ1) is 15.1. The number of aromatic carboxylic acids is 1. The Labute approximate surface area is 112 Å². The van der Waals surface area contributed by atoms with E-state index < -0.39 is 17.7 Å². The van der Waals surface area contributed by atoms with Crippen molar-refractivity contribution in [3.63, 3.8) is 0 Å². The van der Waals surface area contributed by atoms with Gasteiger partial charge in [-0.2, -0.15) is 0 Å². The van der Waals surface area contributed by atoms with Crippen LogP contribution in [0.25, 0.3) is 0 Å². The summed E-state index contributed by atoms with van der Waals surface area (Å²) in [4.78, 5) is 22.9. The minimum atomic E-state index is -1.02. The van der Waals surface area contributed by atoms with Gasteiger partial charge in [0.25, 0.3) is 0 Å². The van der Waals surface area contributed by atoms with Crippen molar-refractivity contribution in [3.05, 3.63) is 17.5 Å². The zero-order chi connectivity index (χ0) is 14.8. The Bertz CT molecular complexity index is 497. The van der Waals surface area contributed by atoms with Crippen molar-refractivity contribution in [1.82, 2.24) is 4.57 Å². The van der Waals surface area contributed by atoms with Crippen LogP contribution in [0.4, 0.5) is 10.5 Å². The number of aryl methyl sites for hydroxylation is 1. The highest BCUT2D eigenvalue weighted by molar-refractivity contribution is 5.93. The number of amides is 1. The minimum Gasteiger partial charge on any atom is -0.477 e. The summed E-state index contributed by atoms with van der Waals surface area (Å²) >= 11 is 0. The Morgan fingerprint density at radius 3 is 2.42 bits per heavy atom. The van der Waals surface area contributed by atoms with Crippen molar-refractivity contribution in [2.24, 2.45) is 7.05 Å². The molecule has 106 valence electrons. The number of carboxylic acids is 1. The van der Waals surface area contributed by atoms with Crippen LogP contribution < -0.4 is 5.32 Å². The Morgan fingerprint density at radius 1 is 1.42 bits per heavy atom. The van der Waals surface area contributed by atoms with Gasteiger partial charge in [-0.1, -0.05) is 6.92 Å². The number of ether oxygens (including phenoxy) is 1. The smallest absolute Gasteiger partial charge is 0.412 e. The molecule has 19 heavy (non-hydrogen) atoms. The van der Waals surface area contributed by atoms with Crippen molar-refractivity contribution in [3.8, 4) is 0 Å². The van der Waals surface area contributed by atoms with Crippen LogP contribution in [0.1, 0.15) is 43.7 Å². The van der Waals surface area contributed by atoms with Crippen LogP contribution in [0.5, 0.6) is 0 Å². The second-order valence-corrected chi connectivity index (χ2v) is 5.27. The minimum absolute atomic E-state index is 0.175. The lowest BCUT2D eigenvalue weighted by molar-refractivity contribution is 0.0632. The molecular formula is C13H20N2O4. The van der Waals surface area contributed by atoms with Gasteiger partial charge < -0.3 is 14.4 Å². The molecule has 2 N–H and O–H groups in total. The van der Waals surface area contributed by atoms with Crippen LogP contribution in [0, 0.1) is 0 Å². The number of hydrogen-bond donors (Lipinski definition) is 2. The van der Waals surface area contributed by atoms with Gasteiger partial charge >= 0.3 is 12.1 Å². The van der Waals surface area contributed by atoms with E-state index in [1.165, 1.54) is 4.57 Å². The van der Waals surface area contributed by atoms with Gasteiger partial charge in [0.15, 0.2) is 0 Å². The summed E-state index contributed by atoms with van der Waals surface area (Å²) in [5.74, 6) is -1.02. The summed E-state index contributed by atoms with van der Waals surface area (Å²) in [7, 11) is 1.63. The largest absolute Gasteiger partial charge is 0.477 e. The van der Waals surface area contributed by atoms with Crippen molar-refractivity contribution < 1.29 is 19.4 Å². The molecule has 0 radical (unpaired) electrons. The normalized spacial score (nSPS) is 11.2. The molecule has 0 bridgehead atoms. The lowest BCUT2D eigenvalue weighted by atomic mass is 10.1. The van der Waals surface area contributed by atoms with E-state index in [4.69, 9.17) is 9.84 Å². The summed E-state index contributed by atoms with van der Waals surface area (Å²) in [6.45, 7) is 7.13. The van der Waals surface area contributed by atoms with E-state index in [0.717, 1.165) is 0 Å². The van der Waals surface area contributed by atoms with Crippen molar-refractivity contribution in [2.45, 2.75) is 39.7 Å². The number of carboxylic acid groups (broad SMARTS) is 1. The number of nitrogens with zero attached hydrogens (tertiary/aromatic N) is 1. The van der Waals surface area contributed by atoms with Crippen LogP contribution in [0.2, 0.25) is 0 Å². The number of anilines is 1. The van der Waals surface area contributed by atoms with Gasteiger partial charge in [0.2, 0.25) is 0 Å². The molecule has 6 nitrogen and oxygen atoms in total. The molecule has 0 saturated carbocycles. The van der Waals surface area contributed by atoms with E-state index in [2.05, 4.69) is 5.32 Å². The van der Waals surface area contributed by atoms with Crippen LogP contribution in [0.15, 0.2) is 6.20 Å². The molecule has 1 heterocycles. The van der Waals surface area contributed by atoms with Crippen molar-refractivity contribution in [2.75, 3.05) is 5.32 Å². The molecule has 1 amide bonds. The first-order valence-electron chi connectivity index (χ1n) is 6.07. The number of rotatable bonds is 3. The van der Waals surface area contributed by atoms with Gasteiger partial charge in [0, 0.05) is 18.8 Å². The average Bonchev–Trinajstić information content (AvgIpc) is 2.50. The average molecular weight is 268 g/mol. The predicted molar refractivity (Wildman–Crippen MR) is 71.6 cm³/mol. The van der Waals surface area contributed by atoms with Gasteiger partial charge in [-0.3, -0.25) is 5.32 Å². The number of aromatic nitrogens is 1. The molecule has 0 atom stereocenters. The quantitative estimate of drug-likeness (QED) is 0.883. The van der Waals surface area contributed by atoms with E-state index in [9.17, 15) is 9.59 Å². The summed E-state index contributed by atoms with van der Waals surface area (Å²) in [6.07, 6.45) is 1.49. The number of carbonyl (C=O) groups is 2. The lowest BCUT2D eigenvalue weighted by Gasteiger charge is -2.19. The monoisotopic (exact) mass is 268 g/mol. The highest BCUT2D eigenvalue weighted by Gasteiger charge is 2.22. The van der Waals surface area contributed by atoms with E-state index >= 15 is 0 Å². The highest BCUT2D eigenvalue weighted by atomic mass is 16.6. The molecule has 0 aliphatic rings. The number of hydrogen-bond acceptors (Lipinski definition) is 3. The maximum absolute atomic E-state index is 11.7. The number of nitrogens with one attached hydrogen (secondary N) is 1. The molecule has 0 aliphatic heterocycles. The molecule has 0 saturated heterocycles. The zero-order valence-corrected chi connectivity index (χ0v) is 11.9. The van der Waals surface area contributed by atoms with E-state index in [1.807, 2.05) is 6.92 Å². The second-order valence-electron chi connectivity index (χ2n) is 5.27. The topological polar surface area (TPSA) is 80.6 Å². The third-order valence-corrected chi connectivity index (χ3v) is 2.48. The molecule has 1 aromatic heterocycles. The molecule has 0 aromatic carbocycles. The first-order chi connectivity index (χ1) is 8.65. The van der Waals surface area contributed by atoms with Gasteiger partial charge in [0.05, 0.1) is 5.69 Å². The summed E-state index contributed by atoms with van der Waals surface area (Å²) in [5, 5.41) is 11.7. The fraction of sp³-hybridized carbons (Fsp3) is 0.538. The Hall–Kier alpha value is -1.98. The molecular weight excluding hydrogens is 248 g/mol. The number of carbonyl (C=O) groups excluding carboxylic acids is 1. The Kier molecular flexibility index (Phi) is 4.24. The first-order valence-corrected chi connectivity index (χ1v) is 6.07. The third-order valence-electron chi connectivity index (χ3n) is 2.48. The zero-order valence-electron chi connectivity index (χ0n) is 11.9. The van der Waals surface area contributed by atoms with Crippen molar-refractivity contribution in [1.29, 1.82) is 0 Å². The van der Waals surface area contributed by atoms with Gasteiger partial charge in [-0.25, -0.2) is 9.59 Å².